The summed E-state index contributed by atoms with van der Waals surface area (Å²) in [5.74, 6) is -0.251. The van der Waals surface area contributed by atoms with Crippen LogP contribution in [0.3, 0.4) is 0 Å². The summed E-state index contributed by atoms with van der Waals surface area (Å²) in [6.07, 6.45) is 0. The van der Waals surface area contributed by atoms with Crippen molar-refractivity contribution >= 4 is 23.1 Å². The van der Waals surface area contributed by atoms with Gasteiger partial charge in [0.15, 0.2) is 5.84 Å². The number of thiophene rings is 1. The Bertz CT molecular complexity index is 334. The van der Waals surface area contributed by atoms with E-state index in [2.05, 4.69) is 10.5 Å². The van der Waals surface area contributed by atoms with Gasteiger partial charge in [0.2, 0.25) is 0 Å². The number of oxime groups is 1. The third-order valence-corrected chi connectivity index (χ3v) is 2.37. The Labute approximate surface area is 85.2 Å². The third kappa shape index (κ3) is 2.46. The first-order chi connectivity index (χ1) is 6.65. The van der Waals surface area contributed by atoms with Crippen molar-refractivity contribution in [3.8, 4) is 0 Å². The molecule has 0 radical (unpaired) electrons. The van der Waals surface area contributed by atoms with Crippen molar-refractivity contribution in [1.82, 2.24) is 5.32 Å². The van der Waals surface area contributed by atoms with Gasteiger partial charge in [0.25, 0.3) is 5.91 Å². The first-order valence-electron chi connectivity index (χ1n) is 3.95. The SMILES string of the molecule is CC(NC(=O)c1ccsc1)/C(N)=N/O. The van der Waals surface area contributed by atoms with Crippen LogP contribution in [0.15, 0.2) is 22.0 Å². The highest BCUT2D eigenvalue weighted by atomic mass is 32.1. The Balaban J connectivity index is 2.58. The molecule has 14 heavy (non-hydrogen) atoms. The van der Waals surface area contributed by atoms with Gasteiger partial charge in [-0.15, -0.1) is 0 Å². The molecule has 0 spiro atoms. The Kier molecular flexibility index (Phi) is 3.47. The molecule has 0 saturated heterocycles. The number of carbonyl (C=O) groups is 1. The highest BCUT2D eigenvalue weighted by molar-refractivity contribution is 7.08. The minimum absolute atomic E-state index is 0.0198. The molecule has 76 valence electrons. The summed E-state index contributed by atoms with van der Waals surface area (Å²) in [6, 6.07) is 1.23. The Morgan fingerprint density at radius 2 is 2.50 bits per heavy atom. The zero-order chi connectivity index (χ0) is 10.6. The molecule has 4 N–H and O–H groups in total. The third-order valence-electron chi connectivity index (χ3n) is 1.69. The van der Waals surface area contributed by atoms with Crippen LogP contribution in [-0.2, 0) is 0 Å². The molecule has 0 aliphatic carbocycles. The van der Waals surface area contributed by atoms with Gasteiger partial charge in [-0.1, -0.05) is 5.16 Å². The first-order valence-corrected chi connectivity index (χ1v) is 4.90. The van der Waals surface area contributed by atoms with Crippen molar-refractivity contribution in [1.29, 1.82) is 0 Å². The average molecular weight is 213 g/mol. The van der Waals surface area contributed by atoms with Crippen LogP contribution < -0.4 is 11.1 Å². The van der Waals surface area contributed by atoms with Crippen LogP contribution >= 0.6 is 11.3 Å². The molecule has 1 atom stereocenters. The quantitative estimate of drug-likeness (QED) is 0.297. The first kappa shape index (κ1) is 10.5. The fourth-order valence-corrected chi connectivity index (χ4v) is 1.47. The standard InChI is InChI=1S/C8H11N3O2S/c1-5(7(9)11-13)10-8(12)6-2-3-14-4-6/h2-5,13H,1H3,(H2,9,11)(H,10,12). The van der Waals surface area contributed by atoms with E-state index in [0.717, 1.165) is 0 Å². The van der Waals surface area contributed by atoms with Crippen LogP contribution in [0.1, 0.15) is 17.3 Å². The lowest BCUT2D eigenvalue weighted by molar-refractivity contribution is 0.0949. The van der Waals surface area contributed by atoms with Gasteiger partial charge >= 0.3 is 0 Å². The van der Waals surface area contributed by atoms with E-state index in [-0.39, 0.29) is 11.7 Å². The van der Waals surface area contributed by atoms with Gasteiger partial charge in [-0.25, -0.2) is 0 Å². The number of nitrogens with one attached hydrogen (secondary N) is 1. The number of amidine groups is 1. The van der Waals surface area contributed by atoms with Crippen molar-refractivity contribution in [3.05, 3.63) is 22.4 Å². The maximum Gasteiger partial charge on any atom is 0.252 e. The van der Waals surface area contributed by atoms with Crippen molar-refractivity contribution < 1.29 is 10.0 Å². The van der Waals surface area contributed by atoms with E-state index in [0.29, 0.717) is 5.56 Å². The largest absolute Gasteiger partial charge is 0.409 e. The lowest BCUT2D eigenvalue weighted by Gasteiger charge is -2.10. The Hall–Kier alpha value is -1.56. The maximum atomic E-state index is 11.4. The molecule has 1 aromatic rings. The zero-order valence-electron chi connectivity index (χ0n) is 7.60. The number of carbonyl (C=O) groups excluding carboxylic acids is 1. The van der Waals surface area contributed by atoms with Crippen LogP contribution in [0.2, 0.25) is 0 Å². The fraction of sp³-hybridized carbons (Fsp3) is 0.250. The van der Waals surface area contributed by atoms with Crippen molar-refractivity contribution in [2.75, 3.05) is 0 Å². The average Bonchev–Trinajstić information content (AvgIpc) is 2.69. The van der Waals surface area contributed by atoms with E-state index in [1.165, 1.54) is 11.3 Å². The van der Waals surface area contributed by atoms with Crippen molar-refractivity contribution in [2.45, 2.75) is 13.0 Å². The summed E-state index contributed by atoms with van der Waals surface area (Å²) < 4.78 is 0. The lowest BCUT2D eigenvalue weighted by atomic mass is 10.2. The summed E-state index contributed by atoms with van der Waals surface area (Å²) in [7, 11) is 0. The van der Waals surface area contributed by atoms with E-state index in [1.54, 1.807) is 18.4 Å². The van der Waals surface area contributed by atoms with Crippen LogP contribution in [0, 0.1) is 0 Å². The summed E-state index contributed by atoms with van der Waals surface area (Å²) in [5, 5.41) is 17.3. The van der Waals surface area contributed by atoms with E-state index in [4.69, 9.17) is 10.9 Å². The molecule has 0 bridgehead atoms. The number of hydrogen-bond donors (Lipinski definition) is 3. The van der Waals surface area contributed by atoms with E-state index < -0.39 is 6.04 Å². The minimum Gasteiger partial charge on any atom is -0.409 e. The van der Waals surface area contributed by atoms with Gasteiger partial charge in [-0.2, -0.15) is 11.3 Å². The molecule has 0 saturated carbocycles. The van der Waals surface area contributed by atoms with Gasteiger partial charge in [-0.05, 0) is 18.4 Å². The van der Waals surface area contributed by atoms with E-state index in [1.807, 2.05) is 5.38 Å². The topological polar surface area (TPSA) is 87.7 Å². The predicted octanol–water partition coefficient (Wildman–Crippen LogP) is 0.613. The normalized spacial score (nSPS) is 13.6. The van der Waals surface area contributed by atoms with Gasteiger partial charge in [0, 0.05) is 5.38 Å². The molecule has 5 nitrogen and oxygen atoms in total. The molecular weight excluding hydrogens is 202 g/mol. The summed E-state index contributed by atoms with van der Waals surface area (Å²) in [4.78, 5) is 11.4. The molecule has 1 aromatic heterocycles. The van der Waals surface area contributed by atoms with Gasteiger partial charge in [-0.3, -0.25) is 4.79 Å². The smallest absolute Gasteiger partial charge is 0.252 e. The lowest BCUT2D eigenvalue weighted by Crippen LogP contribution is -2.42. The molecule has 1 unspecified atom stereocenters. The van der Waals surface area contributed by atoms with Gasteiger partial charge in [0.05, 0.1) is 11.6 Å². The molecule has 0 aromatic carbocycles. The fourth-order valence-electron chi connectivity index (χ4n) is 0.834. The summed E-state index contributed by atoms with van der Waals surface area (Å²) in [5.41, 5.74) is 5.88. The second-order valence-electron chi connectivity index (χ2n) is 2.73. The van der Waals surface area contributed by atoms with Gasteiger partial charge < -0.3 is 16.3 Å². The monoisotopic (exact) mass is 213 g/mol. The molecule has 0 fully saturated rings. The number of amides is 1. The van der Waals surface area contributed by atoms with Gasteiger partial charge in [0.1, 0.15) is 0 Å². The van der Waals surface area contributed by atoms with E-state index >= 15 is 0 Å². The highest BCUT2D eigenvalue weighted by Gasteiger charge is 2.12. The molecule has 1 amide bonds. The Morgan fingerprint density at radius 1 is 1.79 bits per heavy atom. The maximum absolute atomic E-state index is 11.4. The second-order valence-corrected chi connectivity index (χ2v) is 3.51. The number of nitrogens with two attached hydrogens (primary N) is 1. The van der Waals surface area contributed by atoms with Crippen molar-refractivity contribution in [2.24, 2.45) is 10.9 Å². The summed E-state index contributed by atoms with van der Waals surface area (Å²) >= 11 is 1.44. The zero-order valence-corrected chi connectivity index (χ0v) is 8.41. The minimum atomic E-state index is -0.479. The van der Waals surface area contributed by atoms with E-state index in [9.17, 15) is 4.79 Å². The molecule has 1 heterocycles. The second kappa shape index (κ2) is 4.61. The highest BCUT2D eigenvalue weighted by Crippen LogP contribution is 2.05. The van der Waals surface area contributed by atoms with Crippen LogP contribution in [0.5, 0.6) is 0 Å². The Morgan fingerprint density at radius 3 is 3.00 bits per heavy atom. The molecule has 0 aliphatic heterocycles. The van der Waals surface area contributed by atoms with Crippen LogP contribution in [0.4, 0.5) is 0 Å². The number of hydrogen-bond acceptors (Lipinski definition) is 4. The predicted molar refractivity (Wildman–Crippen MR) is 54.7 cm³/mol. The number of nitrogens with zero attached hydrogens (tertiary/aromatic N) is 1. The summed E-state index contributed by atoms with van der Waals surface area (Å²) in [6.45, 7) is 1.64. The van der Waals surface area contributed by atoms with Crippen LogP contribution in [0.25, 0.3) is 0 Å². The molecule has 1 rings (SSSR count). The molecular formula is C8H11N3O2S. The molecule has 6 heteroatoms. The van der Waals surface area contributed by atoms with Crippen molar-refractivity contribution in [3.63, 3.8) is 0 Å². The van der Waals surface area contributed by atoms with Crippen LogP contribution in [-0.4, -0.2) is 23.0 Å². The molecule has 0 aliphatic rings. The number of rotatable bonds is 3.